The van der Waals surface area contributed by atoms with E-state index in [1.807, 2.05) is 50.8 Å². The van der Waals surface area contributed by atoms with Crippen molar-refractivity contribution in [1.29, 1.82) is 0 Å². The Morgan fingerprint density at radius 3 is 2.42 bits per heavy atom. The Morgan fingerprint density at radius 1 is 0.953 bits per heavy atom. The molecule has 3 heterocycles. The first-order valence-electron chi connectivity index (χ1n) is 15.0. The standard InChI is InChI=1S/C34H36F3N5O/c1-22-4-6-25(16-27(22)32-19-33(20-32,21-32)30-17-39-31-23(2)38-8-9-42(30)31)29(43)15-24-5-7-26(28(14-24)34(35,36)37)18-41-12-10-40(3)11-13-41/h4-9,14,16-17H,10-13,15,18-21H2,1-3H3. The monoisotopic (exact) mass is 587 g/mol. The van der Waals surface area contributed by atoms with Crippen molar-refractivity contribution >= 4 is 11.4 Å². The van der Waals surface area contributed by atoms with Crippen molar-refractivity contribution in [2.24, 2.45) is 0 Å². The fourth-order valence-corrected chi connectivity index (χ4v) is 7.82. The third-order valence-corrected chi connectivity index (χ3v) is 10.1. The number of imidazole rings is 1. The van der Waals surface area contributed by atoms with Crippen molar-refractivity contribution in [3.05, 3.63) is 99.8 Å². The third-order valence-electron chi connectivity index (χ3n) is 10.1. The maximum absolute atomic E-state index is 14.1. The molecule has 3 saturated carbocycles. The summed E-state index contributed by atoms with van der Waals surface area (Å²) >= 11 is 0. The lowest BCUT2D eigenvalue weighted by atomic mass is 9.32. The zero-order valence-corrected chi connectivity index (χ0v) is 24.8. The smallest absolute Gasteiger partial charge is 0.304 e. The number of piperazine rings is 1. The third kappa shape index (κ3) is 4.77. The van der Waals surface area contributed by atoms with Gasteiger partial charge in [-0.2, -0.15) is 13.2 Å². The Morgan fingerprint density at radius 2 is 1.70 bits per heavy atom. The molecule has 6 nitrogen and oxygen atoms in total. The van der Waals surface area contributed by atoms with Gasteiger partial charge in [-0.15, -0.1) is 0 Å². The first kappa shape index (κ1) is 28.2. The van der Waals surface area contributed by atoms with E-state index in [0.717, 1.165) is 62.3 Å². The number of halogens is 3. The quantitative estimate of drug-likeness (QED) is 0.252. The number of aryl methyl sites for hydroxylation is 2. The van der Waals surface area contributed by atoms with Gasteiger partial charge in [0.15, 0.2) is 11.4 Å². The molecule has 1 saturated heterocycles. The van der Waals surface area contributed by atoms with Crippen molar-refractivity contribution in [3.63, 3.8) is 0 Å². The van der Waals surface area contributed by atoms with E-state index in [-0.39, 0.29) is 35.1 Å². The number of nitrogens with zero attached hydrogens (tertiary/aromatic N) is 5. The first-order chi connectivity index (χ1) is 20.5. The maximum atomic E-state index is 14.1. The number of aromatic nitrogens is 3. The topological polar surface area (TPSA) is 53.7 Å². The van der Waals surface area contributed by atoms with Crippen molar-refractivity contribution < 1.29 is 18.0 Å². The molecule has 0 spiro atoms. The van der Waals surface area contributed by atoms with Crippen LogP contribution < -0.4 is 0 Å². The van der Waals surface area contributed by atoms with Gasteiger partial charge in [0.2, 0.25) is 0 Å². The van der Waals surface area contributed by atoms with Crippen LogP contribution in [0.2, 0.25) is 0 Å². The summed E-state index contributed by atoms with van der Waals surface area (Å²) in [6.45, 7) is 7.46. The summed E-state index contributed by atoms with van der Waals surface area (Å²) in [5.41, 5.74) is 6.04. The second-order valence-electron chi connectivity index (χ2n) is 13.1. The van der Waals surface area contributed by atoms with Crippen LogP contribution >= 0.6 is 0 Å². The molecule has 224 valence electrons. The number of hydrogen-bond acceptors (Lipinski definition) is 5. The molecular weight excluding hydrogens is 551 g/mol. The zero-order valence-electron chi connectivity index (χ0n) is 24.8. The summed E-state index contributed by atoms with van der Waals surface area (Å²) < 4.78 is 44.5. The number of carbonyl (C=O) groups excluding carboxylic acids is 1. The van der Waals surface area contributed by atoms with Gasteiger partial charge in [-0.1, -0.05) is 24.3 Å². The minimum Gasteiger partial charge on any atom is -0.304 e. The molecule has 43 heavy (non-hydrogen) atoms. The Kier molecular flexibility index (Phi) is 6.56. The highest BCUT2D eigenvalue weighted by Crippen LogP contribution is 2.74. The van der Waals surface area contributed by atoms with E-state index in [1.54, 1.807) is 12.1 Å². The molecule has 0 unspecified atom stereocenters. The number of hydrogen-bond donors (Lipinski definition) is 0. The molecule has 0 radical (unpaired) electrons. The molecule has 1 aliphatic heterocycles. The molecule has 0 amide bonds. The molecule has 2 aromatic heterocycles. The highest BCUT2D eigenvalue weighted by molar-refractivity contribution is 5.98. The average molecular weight is 588 g/mol. The van der Waals surface area contributed by atoms with Crippen molar-refractivity contribution in [2.45, 2.75) is 63.1 Å². The molecule has 8 rings (SSSR count). The largest absolute Gasteiger partial charge is 0.416 e. The van der Waals surface area contributed by atoms with Crippen LogP contribution in [0.25, 0.3) is 5.65 Å². The predicted molar refractivity (Wildman–Crippen MR) is 158 cm³/mol. The Labute approximate surface area is 249 Å². The molecule has 0 N–H and O–H groups in total. The summed E-state index contributed by atoms with van der Waals surface area (Å²) in [6.07, 6.45) is 4.22. The fraction of sp³-hybridized carbons (Fsp3) is 0.441. The lowest BCUT2D eigenvalue weighted by Gasteiger charge is -2.71. The number of likely N-dealkylation sites (N-methyl/N-ethyl adjacent to an activating group) is 1. The number of rotatable bonds is 7. The highest BCUT2D eigenvalue weighted by atomic mass is 19.4. The van der Waals surface area contributed by atoms with Gasteiger partial charge in [0.1, 0.15) is 0 Å². The van der Waals surface area contributed by atoms with E-state index in [4.69, 9.17) is 0 Å². The van der Waals surface area contributed by atoms with Crippen LogP contribution in [-0.4, -0.2) is 63.2 Å². The number of benzene rings is 2. The normalized spacial score (nSPS) is 24.1. The van der Waals surface area contributed by atoms with Crippen LogP contribution in [0.3, 0.4) is 0 Å². The number of fused-ring (bicyclic) bond motifs is 1. The van der Waals surface area contributed by atoms with Gasteiger partial charge in [0, 0.05) is 74.4 Å². The number of carbonyl (C=O) groups is 1. The average Bonchev–Trinajstić information content (AvgIpc) is 3.35. The minimum atomic E-state index is -4.48. The van der Waals surface area contributed by atoms with E-state index in [2.05, 4.69) is 31.1 Å². The Bertz CT molecular complexity index is 1710. The second-order valence-corrected chi connectivity index (χ2v) is 13.1. The molecule has 4 aliphatic rings. The predicted octanol–water partition coefficient (Wildman–Crippen LogP) is 5.91. The van der Waals surface area contributed by atoms with Gasteiger partial charge in [-0.3, -0.25) is 14.7 Å². The summed E-state index contributed by atoms with van der Waals surface area (Å²) in [4.78, 5) is 26.7. The van der Waals surface area contributed by atoms with Crippen molar-refractivity contribution in [1.82, 2.24) is 24.2 Å². The summed E-state index contributed by atoms with van der Waals surface area (Å²) in [6, 6.07) is 10.2. The number of Topliss-reactive ketones (excluding diaryl/α,β-unsaturated/α-hetero) is 1. The molecule has 4 aromatic rings. The Balaban J connectivity index is 1.08. The molecule has 4 fully saturated rings. The van der Waals surface area contributed by atoms with E-state index < -0.39 is 11.7 Å². The van der Waals surface area contributed by atoms with E-state index in [9.17, 15) is 18.0 Å². The van der Waals surface area contributed by atoms with Crippen LogP contribution in [-0.2, 0) is 30.0 Å². The summed E-state index contributed by atoms with van der Waals surface area (Å²) in [7, 11) is 2.02. The minimum absolute atomic E-state index is 0.0287. The van der Waals surface area contributed by atoms with E-state index >= 15 is 0 Å². The van der Waals surface area contributed by atoms with Gasteiger partial charge in [0.25, 0.3) is 0 Å². The first-order valence-corrected chi connectivity index (χ1v) is 15.0. The molecular formula is C34H36F3N5O. The molecule has 2 aromatic carbocycles. The fourth-order valence-electron chi connectivity index (χ4n) is 7.82. The van der Waals surface area contributed by atoms with E-state index in [0.29, 0.717) is 11.1 Å². The van der Waals surface area contributed by atoms with Crippen LogP contribution in [0.1, 0.15) is 68.8 Å². The van der Waals surface area contributed by atoms with Gasteiger partial charge in [0.05, 0.1) is 11.3 Å². The van der Waals surface area contributed by atoms with Gasteiger partial charge in [-0.05, 0) is 80.0 Å². The Hall–Kier alpha value is -3.56. The maximum Gasteiger partial charge on any atom is 0.416 e. The summed E-state index contributed by atoms with van der Waals surface area (Å²) in [5, 5.41) is 0. The number of alkyl halides is 3. The SMILES string of the molecule is Cc1ccc(C(=O)Cc2ccc(CN3CCN(C)CC3)c(C(F)(F)F)c2)cc1C12CC(c3cnc4c(C)nccn34)(C1)C2. The van der Waals surface area contributed by atoms with Gasteiger partial charge >= 0.3 is 6.18 Å². The molecule has 0 atom stereocenters. The molecule has 3 aliphatic carbocycles. The van der Waals surface area contributed by atoms with Crippen LogP contribution in [0.4, 0.5) is 13.2 Å². The van der Waals surface area contributed by atoms with Crippen molar-refractivity contribution in [2.75, 3.05) is 33.2 Å². The second kappa shape index (κ2) is 9.99. The van der Waals surface area contributed by atoms with Crippen molar-refractivity contribution in [3.8, 4) is 0 Å². The zero-order chi connectivity index (χ0) is 30.1. The van der Waals surface area contributed by atoms with Crippen LogP contribution in [0, 0.1) is 13.8 Å². The molecule has 9 heteroatoms. The van der Waals surface area contributed by atoms with E-state index in [1.165, 1.54) is 17.3 Å². The van der Waals surface area contributed by atoms with Crippen LogP contribution in [0.5, 0.6) is 0 Å². The van der Waals surface area contributed by atoms with Gasteiger partial charge < -0.3 is 9.30 Å². The number of ketones is 1. The highest BCUT2D eigenvalue weighted by Gasteiger charge is 2.70. The molecule has 2 bridgehead atoms. The van der Waals surface area contributed by atoms with Crippen LogP contribution in [0.15, 0.2) is 55.0 Å². The summed E-state index contributed by atoms with van der Waals surface area (Å²) in [5.74, 6) is -0.160. The lowest BCUT2D eigenvalue weighted by Crippen LogP contribution is -2.67. The van der Waals surface area contributed by atoms with Gasteiger partial charge in [-0.25, -0.2) is 4.98 Å². The lowest BCUT2D eigenvalue weighted by molar-refractivity contribution is -0.138.